The third kappa shape index (κ3) is 1.82. The smallest absolute Gasteiger partial charge is 0.0235 e. The lowest BCUT2D eigenvalue weighted by atomic mass is 9.67. The summed E-state index contributed by atoms with van der Waals surface area (Å²) in [4.78, 5) is 0. The minimum Gasteiger partial charge on any atom is -0.0987 e. The third-order valence-electron chi connectivity index (χ3n) is 4.55. The van der Waals surface area contributed by atoms with Crippen molar-refractivity contribution in [2.24, 2.45) is 5.92 Å². The summed E-state index contributed by atoms with van der Waals surface area (Å²) >= 11 is 0. The van der Waals surface area contributed by atoms with E-state index in [4.69, 9.17) is 0 Å². The van der Waals surface area contributed by atoms with Gasteiger partial charge in [0.2, 0.25) is 0 Å². The molecule has 1 aliphatic rings. The van der Waals surface area contributed by atoms with Gasteiger partial charge in [0.05, 0.1) is 0 Å². The van der Waals surface area contributed by atoms with E-state index < -0.39 is 0 Å². The van der Waals surface area contributed by atoms with Crippen molar-refractivity contribution in [2.45, 2.75) is 39.5 Å². The number of benzene rings is 1. The monoisotopic (exact) mass is 252 g/mol. The molecular formula is C19H24. The molecule has 0 heteroatoms. The van der Waals surface area contributed by atoms with Gasteiger partial charge < -0.3 is 0 Å². The van der Waals surface area contributed by atoms with Gasteiger partial charge in [-0.05, 0) is 41.5 Å². The first kappa shape index (κ1) is 13.9. The van der Waals surface area contributed by atoms with Crippen LogP contribution in [0.4, 0.5) is 0 Å². The number of fused-ring (bicyclic) bond motifs is 1. The topological polar surface area (TPSA) is 0 Å². The first-order chi connectivity index (χ1) is 9.13. The molecule has 0 amide bonds. The Morgan fingerprint density at radius 3 is 2.47 bits per heavy atom. The Bertz CT molecular complexity index is 543. The normalized spacial score (nSPS) is 22.4. The average Bonchev–Trinajstić information content (AvgIpc) is 2.70. The Morgan fingerprint density at radius 1 is 1.26 bits per heavy atom. The number of hydrogen-bond acceptors (Lipinski definition) is 0. The van der Waals surface area contributed by atoms with Gasteiger partial charge in [0.15, 0.2) is 0 Å². The highest BCUT2D eigenvalue weighted by molar-refractivity contribution is 5.88. The van der Waals surface area contributed by atoms with Crippen LogP contribution in [0.1, 0.15) is 45.2 Å². The van der Waals surface area contributed by atoms with Gasteiger partial charge in [-0.25, -0.2) is 0 Å². The molecule has 1 unspecified atom stereocenters. The minimum absolute atomic E-state index is 0.118. The van der Waals surface area contributed by atoms with Gasteiger partial charge in [-0.15, -0.1) is 0 Å². The second kappa shape index (κ2) is 5.21. The van der Waals surface area contributed by atoms with E-state index in [1.54, 1.807) is 0 Å². The van der Waals surface area contributed by atoms with Gasteiger partial charge in [0, 0.05) is 5.41 Å². The predicted octanol–water partition coefficient (Wildman–Crippen LogP) is 5.52. The number of hydrogen-bond donors (Lipinski definition) is 0. The van der Waals surface area contributed by atoms with Crippen LogP contribution in [0.15, 0.2) is 54.6 Å². The van der Waals surface area contributed by atoms with E-state index in [1.807, 2.05) is 0 Å². The van der Waals surface area contributed by atoms with Crippen molar-refractivity contribution in [1.29, 1.82) is 0 Å². The van der Waals surface area contributed by atoms with E-state index in [0.717, 1.165) is 6.42 Å². The van der Waals surface area contributed by atoms with E-state index in [0.29, 0.717) is 5.92 Å². The summed E-state index contributed by atoms with van der Waals surface area (Å²) in [5.74, 6) is 0.564. The van der Waals surface area contributed by atoms with E-state index in [9.17, 15) is 0 Å². The fourth-order valence-corrected chi connectivity index (χ4v) is 3.69. The molecule has 0 bridgehead atoms. The molecule has 1 atom stereocenters. The molecule has 2 rings (SSSR count). The summed E-state index contributed by atoms with van der Waals surface area (Å²) < 4.78 is 0. The van der Waals surface area contributed by atoms with Gasteiger partial charge >= 0.3 is 0 Å². The van der Waals surface area contributed by atoms with Crippen LogP contribution in [-0.4, -0.2) is 0 Å². The number of allylic oxidation sites excluding steroid dienone is 5. The van der Waals surface area contributed by atoms with E-state index >= 15 is 0 Å². The Balaban J connectivity index is 2.83. The first-order valence-electron chi connectivity index (χ1n) is 7.23. The Labute approximate surface area is 117 Å². The second-order valence-corrected chi connectivity index (χ2v) is 5.56. The highest BCUT2D eigenvalue weighted by Crippen LogP contribution is 2.53. The Morgan fingerprint density at radius 2 is 1.95 bits per heavy atom. The van der Waals surface area contributed by atoms with Crippen molar-refractivity contribution in [3.05, 3.63) is 65.8 Å². The molecule has 0 saturated heterocycles. The maximum atomic E-state index is 4.09. The summed E-state index contributed by atoms with van der Waals surface area (Å²) in [6.45, 7) is 13.1. The SMILES string of the molecule is C=CC1=C(/C=C\C)c2ccccc2C1(CC)C(C)C. The van der Waals surface area contributed by atoms with Crippen molar-refractivity contribution in [2.75, 3.05) is 0 Å². The van der Waals surface area contributed by atoms with Gasteiger partial charge in [0.25, 0.3) is 0 Å². The van der Waals surface area contributed by atoms with Gasteiger partial charge in [-0.1, -0.05) is 69.8 Å². The van der Waals surface area contributed by atoms with Crippen LogP contribution in [0.3, 0.4) is 0 Å². The van der Waals surface area contributed by atoms with E-state index in [2.05, 4.69) is 76.8 Å². The highest BCUT2D eigenvalue weighted by Gasteiger charge is 2.43. The zero-order chi connectivity index (χ0) is 14.0. The maximum absolute atomic E-state index is 4.09. The zero-order valence-corrected chi connectivity index (χ0v) is 12.5. The summed E-state index contributed by atoms with van der Waals surface area (Å²) in [5.41, 5.74) is 5.71. The lowest BCUT2D eigenvalue weighted by Gasteiger charge is -2.36. The molecule has 0 N–H and O–H groups in total. The van der Waals surface area contributed by atoms with Crippen LogP contribution in [0.2, 0.25) is 0 Å². The zero-order valence-electron chi connectivity index (χ0n) is 12.5. The third-order valence-corrected chi connectivity index (χ3v) is 4.55. The van der Waals surface area contributed by atoms with Gasteiger partial charge in [-0.2, -0.15) is 0 Å². The average molecular weight is 252 g/mol. The lowest BCUT2D eigenvalue weighted by molar-refractivity contribution is 0.364. The van der Waals surface area contributed by atoms with Crippen LogP contribution in [0, 0.1) is 5.92 Å². The molecule has 1 aliphatic carbocycles. The second-order valence-electron chi connectivity index (χ2n) is 5.56. The maximum Gasteiger partial charge on any atom is 0.0235 e. The standard InChI is InChI=1S/C19H24/c1-6-11-15-16-12-9-10-13-18(16)19(8-3,14(4)5)17(15)7-2/h6-7,9-14H,2,8H2,1,3-5H3/b11-6-. The van der Waals surface area contributed by atoms with Crippen molar-refractivity contribution >= 4 is 5.57 Å². The summed E-state index contributed by atoms with van der Waals surface area (Å²) in [6, 6.07) is 8.83. The fourth-order valence-electron chi connectivity index (χ4n) is 3.69. The Kier molecular flexibility index (Phi) is 3.80. The lowest BCUT2D eigenvalue weighted by Crippen LogP contribution is -2.31. The molecule has 1 aromatic rings. The molecule has 1 aromatic carbocycles. The molecule has 0 aromatic heterocycles. The summed E-state index contributed by atoms with van der Waals surface area (Å²) in [6.07, 6.45) is 7.54. The molecule has 0 aliphatic heterocycles. The van der Waals surface area contributed by atoms with Crippen LogP contribution in [-0.2, 0) is 5.41 Å². The molecule has 0 radical (unpaired) electrons. The quantitative estimate of drug-likeness (QED) is 0.662. The van der Waals surface area contributed by atoms with E-state index in [-0.39, 0.29) is 5.41 Å². The van der Waals surface area contributed by atoms with Crippen LogP contribution < -0.4 is 0 Å². The number of rotatable bonds is 4. The first-order valence-corrected chi connectivity index (χ1v) is 7.23. The summed E-state index contributed by atoms with van der Waals surface area (Å²) in [7, 11) is 0. The molecule has 100 valence electrons. The molecule has 0 spiro atoms. The van der Waals surface area contributed by atoms with Crippen molar-refractivity contribution in [3.8, 4) is 0 Å². The van der Waals surface area contributed by atoms with Crippen molar-refractivity contribution < 1.29 is 0 Å². The fraction of sp³-hybridized carbons (Fsp3) is 0.368. The molecule has 19 heavy (non-hydrogen) atoms. The summed E-state index contributed by atoms with van der Waals surface area (Å²) in [5, 5.41) is 0. The minimum atomic E-state index is 0.118. The van der Waals surface area contributed by atoms with Crippen molar-refractivity contribution in [1.82, 2.24) is 0 Å². The molecule has 0 nitrogen and oxygen atoms in total. The molecule has 0 heterocycles. The highest BCUT2D eigenvalue weighted by atomic mass is 14.5. The molecule has 0 fully saturated rings. The van der Waals surface area contributed by atoms with Gasteiger partial charge in [0.1, 0.15) is 0 Å². The largest absolute Gasteiger partial charge is 0.0987 e. The van der Waals surface area contributed by atoms with Gasteiger partial charge in [-0.3, -0.25) is 0 Å². The Hall–Kier alpha value is -1.56. The van der Waals surface area contributed by atoms with Crippen LogP contribution in [0.25, 0.3) is 5.57 Å². The van der Waals surface area contributed by atoms with Crippen LogP contribution >= 0.6 is 0 Å². The van der Waals surface area contributed by atoms with E-state index in [1.165, 1.54) is 22.3 Å². The van der Waals surface area contributed by atoms with Crippen molar-refractivity contribution in [3.63, 3.8) is 0 Å². The molecule has 0 saturated carbocycles. The molecular weight excluding hydrogens is 228 g/mol. The van der Waals surface area contributed by atoms with Crippen LogP contribution in [0.5, 0.6) is 0 Å². The predicted molar refractivity (Wildman–Crippen MR) is 85.2 cm³/mol.